The summed E-state index contributed by atoms with van der Waals surface area (Å²) in [5.41, 5.74) is 0. The lowest BCUT2D eigenvalue weighted by atomic mass is 10.0. The van der Waals surface area contributed by atoms with E-state index < -0.39 is 0 Å². The molecule has 0 aliphatic carbocycles. The molecule has 190 valence electrons. The van der Waals surface area contributed by atoms with Gasteiger partial charge in [-0.25, -0.2) is 0 Å². The number of unbranched alkanes of at least 4 members (excludes halogenated alkanes) is 16. The Balaban J connectivity index is 0. The lowest BCUT2D eigenvalue weighted by Gasteiger charge is -2.42. The second kappa shape index (κ2) is 25.4. The van der Waals surface area contributed by atoms with Gasteiger partial charge in [-0.15, -0.1) is 0 Å². The summed E-state index contributed by atoms with van der Waals surface area (Å²) in [5.74, 6) is 1.34. The SMILES string of the molecule is CCCCCCCCCCCCCCCCCC[N+](CC)(CC)C(C)SCCCC.[Br-]. The molecule has 0 radical (unpaired) electrons. The van der Waals surface area contributed by atoms with Crippen LogP contribution in [0.3, 0.4) is 0 Å². The fourth-order valence-corrected chi connectivity index (χ4v) is 6.28. The molecule has 3 heteroatoms. The largest absolute Gasteiger partial charge is 1.00 e. The molecule has 0 saturated heterocycles. The number of rotatable bonds is 24. The second-order valence-electron chi connectivity index (χ2n) is 9.70. The molecule has 1 unspecified atom stereocenters. The second-order valence-corrected chi connectivity index (χ2v) is 11.1. The average Bonchev–Trinajstić information content (AvgIpc) is 2.76. The van der Waals surface area contributed by atoms with Gasteiger partial charge in [0.05, 0.1) is 19.6 Å². The topological polar surface area (TPSA) is 0 Å². The lowest BCUT2D eigenvalue weighted by Crippen LogP contribution is -3.00. The van der Waals surface area contributed by atoms with E-state index in [1.807, 2.05) is 0 Å². The van der Waals surface area contributed by atoms with Crippen LogP contribution >= 0.6 is 11.8 Å². The summed E-state index contributed by atoms with van der Waals surface area (Å²) >= 11 is 2.22. The zero-order chi connectivity index (χ0) is 22.3. The maximum atomic E-state index is 2.49. The highest BCUT2D eigenvalue weighted by atomic mass is 79.9. The molecule has 0 bridgehead atoms. The Kier molecular flexibility index (Phi) is 27.8. The monoisotopic (exact) mass is 521 g/mol. The number of nitrogens with zero attached hydrogens (tertiary/aromatic N) is 1. The fourth-order valence-electron chi connectivity index (χ4n) is 4.77. The molecule has 0 aromatic heterocycles. The van der Waals surface area contributed by atoms with Crippen LogP contribution in [0.1, 0.15) is 150 Å². The normalized spacial score (nSPS) is 12.7. The average molecular weight is 523 g/mol. The minimum Gasteiger partial charge on any atom is -1.00 e. The molecule has 1 atom stereocenters. The number of hydrogen-bond acceptors (Lipinski definition) is 1. The van der Waals surface area contributed by atoms with Crippen LogP contribution in [-0.4, -0.2) is 35.2 Å². The summed E-state index contributed by atoms with van der Waals surface area (Å²) in [6.45, 7) is 15.9. The van der Waals surface area contributed by atoms with Gasteiger partial charge in [-0.2, -0.15) is 0 Å². The van der Waals surface area contributed by atoms with Crippen LogP contribution in [-0.2, 0) is 0 Å². The van der Waals surface area contributed by atoms with Crippen molar-refractivity contribution in [1.82, 2.24) is 0 Å². The molecule has 0 aromatic carbocycles. The first-order valence-corrected chi connectivity index (χ1v) is 15.2. The molecule has 31 heavy (non-hydrogen) atoms. The van der Waals surface area contributed by atoms with E-state index in [2.05, 4.69) is 46.4 Å². The van der Waals surface area contributed by atoms with E-state index in [1.54, 1.807) is 0 Å². The predicted molar refractivity (Wildman–Crippen MR) is 143 cm³/mol. The summed E-state index contributed by atoms with van der Waals surface area (Å²) in [5, 5.41) is 0.767. The first-order chi connectivity index (χ1) is 14.7. The van der Waals surface area contributed by atoms with Crippen LogP contribution in [0.4, 0.5) is 0 Å². The molecule has 0 heterocycles. The van der Waals surface area contributed by atoms with Gasteiger partial charge in [0.15, 0.2) is 0 Å². The molecule has 0 rings (SSSR count). The Morgan fingerprint density at radius 2 is 0.871 bits per heavy atom. The first-order valence-electron chi connectivity index (χ1n) is 14.1. The highest BCUT2D eigenvalue weighted by molar-refractivity contribution is 7.99. The van der Waals surface area contributed by atoms with Crippen molar-refractivity contribution in [3.63, 3.8) is 0 Å². The van der Waals surface area contributed by atoms with Crippen molar-refractivity contribution in [3.05, 3.63) is 0 Å². The predicted octanol–water partition coefficient (Wildman–Crippen LogP) is 6.99. The van der Waals surface area contributed by atoms with Crippen LogP contribution < -0.4 is 17.0 Å². The van der Waals surface area contributed by atoms with Crippen LogP contribution in [0, 0.1) is 0 Å². The molecule has 0 N–H and O–H groups in total. The fraction of sp³-hybridized carbons (Fsp3) is 1.00. The molecule has 0 fully saturated rings. The first kappa shape index (κ1) is 34.0. The van der Waals surface area contributed by atoms with Gasteiger partial charge in [-0.1, -0.05) is 122 Å². The van der Waals surface area contributed by atoms with E-state index in [0.29, 0.717) is 0 Å². The van der Waals surface area contributed by atoms with Gasteiger partial charge in [-0.3, -0.25) is 0 Å². The highest BCUT2D eigenvalue weighted by Crippen LogP contribution is 2.26. The smallest absolute Gasteiger partial charge is 0.133 e. The number of quaternary nitrogens is 1. The standard InChI is InChI=1S/C28H60NS.BrH/c1-6-10-12-13-14-15-16-17-18-19-20-21-22-23-24-25-26-29(8-3,9-4)28(5)30-27-11-7-2;/h28H,6-27H2,1-5H3;1H/q+1;/p-1. The highest BCUT2D eigenvalue weighted by Gasteiger charge is 2.29. The van der Waals surface area contributed by atoms with Gasteiger partial charge >= 0.3 is 0 Å². The van der Waals surface area contributed by atoms with E-state index in [0.717, 1.165) is 5.37 Å². The summed E-state index contributed by atoms with van der Waals surface area (Å²) in [6, 6.07) is 0. The van der Waals surface area contributed by atoms with Crippen molar-refractivity contribution in [3.8, 4) is 0 Å². The minimum absolute atomic E-state index is 0. The van der Waals surface area contributed by atoms with Gasteiger partial charge in [-0.05, 0) is 45.8 Å². The third-order valence-corrected chi connectivity index (χ3v) is 8.80. The van der Waals surface area contributed by atoms with E-state index >= 15 is 0 Å². The van der Waals surface area contributed by atoms with E-state index in [1.165, 1.54) is 145 Å². The van der Waals surface area contributed by atoms with Crippen LogP contribution in [0.5, 0.6) is 0 Å². The molecule has 0 amide bonds. The van der Waals surface area contributed by atoms with Crippen molar-refractivity contribution in [2.45, 2.75) is 156 Å². The quantitative estimate of drug-likeness (QED) is 0.0748. The van der Waals surface area contributed by atoms with Crippen molar-refractivity contribution in [1.29, 1.82) is 0 Å². The maximum Gasteiger partial charge on any atom is 0.133 e. The van der Waals surface area contributed by atoms with Crippen molar-refractivity contribution in [2.75, 3.05) is 25.4 Å². The molecular formula is C28H60BrNS. The van der Waals surface area contributed by atoms with Gasteiger partial charge in [0.25, 0.3) is 0 Å². The van der Waals surface area contributed by atoms with Crippen LogP contribution in [0.15, 0.2) is 0 Å². The molecule has 0 aromatic rings. The summed E-state index contributed by atoms with van der Waals surface area (Å²) < 4.78 is 1.33. The zero-order valence-corrected chi connectivity index (χ0v) is 24.8. The lowest BCUT2D eigenvalue weighted by molar-refractivity contribution is -0.932. The third kappa shape index (κ3) is 18.9. The van der Waals surface area contributed by atoms with Crippen LogP contribution in [0.2, 0.25) is 0 Å². The Bertz CT molecular complexity index is 333. The van der Waals surface area contributed by atoms with Gasteiger partial charge < -0.3 is 21.5 Å². The van der Waals surface area contributed by atoms with Crippen molar-refractivity contribution >= 4 is 11.8 Å². The Morgan fingerprint density at radius 1 is 0.516 bits per heavy atom. The molecular weight excluding hydrogens is 462 g/mol. The maximum absolute atomic E-state index is 2.49. The molecule has 0 saturated carbocycles. The molecule has 1 nitrogen and oxygen atoms in total. The zero-order valence-electron chi connectivity index (χ0n) is 22.4. The number of halogens is 1. The molecule has 0 aliphatic rings. The minimum atomic E-state index is 0. The summed E-state index contributed by atoms with van der Waals surface area (Å²) in [7, 11) is 0. The van der Waals surface area contributed by atoms with Gasteiger partial charge in [0, 0.05) is 0 Å². The van der Waals surface area contributed by atoms with Gasteiger partial charge in [0.2, 0.25) is 0 Å². The van der Waals surface area contributed by atoms with Crippen molar-refractivity contribution in [2.24, 2.45) is 0 Å². The van der Waals surface area contributed by atoms with Crippen LogP contribution in [0.25, 0.3) is 0 Å². The Labute approximate surface area is 213 Å². The summed E-state index contributed by atoms with van der Waals surface area (Å²) in [4.78, 5) is 0. The molecule has 0 aliphatic heterocycles. The third-order valence-electron chi connectivity index (χ3n) is 7.34. The Morgan fingerprint density at radius 3 is 1.23 bits per heavy atom. The van der Waals surface area contributed by atoms with Crippen molar-refractivity contribution < 1.29 is 21.5 Å². The van der Waals surface area contributed by atoms with Gasteiger partial charge in [0.1, 0.15) is 5.37 Å². The number of hydrogen-bond donors (Lipinski definition) is 0. The number of thioether (sulfide) groups is 1. The van der Waals surface area contributed by atoms with E-state index in [4.69, 9.17) is 0 Å². The Hall–Kier alpha value is 0.790. The van der Waals surface area contributed by atoms with E-state index in [-0.39, 0.29) is 17.0 Å². The molecule has 0 spiro atoms. The van der Waals surface area contributed by atoms with E-state index in [9.17, 15) is 0 Å². The summed E-state index contributed by atoms with van der Waals surface area (Å²) in [6.07, 6.45) is 26.1.